The molecular weight excluding hydrogens is 470 g/mol. The van der Waals surface area contributed by atoms with Crippen LogP contribution < -0.4 is 9.64 Å². The lowest BCUT2D eigenvalue weighted by Crippen LogP contribution is -2.54. The van der Waals surface area contributed by atoms with E-state index in [9.17, 15) is 18.7 Å². The summed E-state index contributed by atoms with van der Waals surface area (Å²) in [5.74, 6) is 1.09. The van der Waals surface area contributed by atoms with Gasteiger partial charge < -0.3 is 24.2 Å². The van der Waals surface area contributed by atoms with E-state index < -0.39 is 23.6 Å². The summed E-state index contributed by atoms with van der Waals surface area (Å²) in [7, 11) is 0. The highest BCUT2D eigenvalue weighted by Gasteiger charge is 2.43. The standard InChI is InChI=1S/C26H34F2N4O4/c1-15(2)25-29-26(36-30-25)31-6-3-16(4-7-31)20-9-17(20)5-8-35-19-10-22(27)21(23(28)11-19)12-24(34)32-13-18(33)14-32/h10-11,15-18,20,33H,3-9,12-14H2,1-2H3. The molecule has 2 saturated heterocycles. The van der Waals surface area contributed by atoms with E-state index in [1.807, 2.05) is 13.8 Å². The van der Waals surface area contributed by atoms with Gasteiger partial charge in [0.2, 0.25) is 5.91 Å². The summed E-state index contributed by atoms with van der Waals surface area (Å²) in [5, 5.41) is 13.4. The smallest absolute Gasteiger partial charge is 0.324 e. The van der Waals surface area contributed by atoms with Gasteiger partial charge in [-0.1, -0.05) is 19.0 Å². The summed E-state index contributed by atoms with van der Waals surface area (Å²) in [5.41, 5.74) is -0.261. The maximum atomic E-state index is 14.5. The lowest BCUT2D eigenvalue weighted by Gasteiger charge is -2.36. The summed E-state index contributed by atoms with van der Waals surface area (Å²) in [6.45, 7) is 6.74. The van der Waals surface area contributed by atoms with Crippen LogP contribution in [0.4, 0.5) is 14.8 Å². The molecule has 2 atom stereocenters. The van der Waals surface area contributed by atoms with Gasteiger partial charge in [-0.15, -0.1) is 0 Å². The number of amides is 1. The van der Waals surface area contributed by atoms with Crippen LogP contribution in [-0.2, 0) is 11.2 Å². The lowest BCUT2D eigenvalue weighted by molar-refractivity contribution is -0.140. The third-order valence-corrected chi connectivity index (χ3v) is 7.76. The fourth-order valence-electron chi connectivity index (χ4n) is 5.37. The van der Waals surface area contributed by atoms with Crippen LogP contribution in [-0.4, -0.2) is 64.9 Å². The van der Waals surface area contributed by atoms with Gasteiger partial charge in [-0.2, -0.15) is 4.98 Å². The van der Waals surface area contributed by atoms with Crippen molar-refractivity contribution in [2.45, 2.75) is 58.0 Å². The molecule has 1 amide bonds. The van der Waals surface area contributed by atoms with Crippen molar-refractivity contribution >= 4 is 11.9 Å². The zero-order valence-electron chi connectivity index (χ0n) is 20.8. The molecule has 1 aromatic carbocycles. The van der Waals surface area contributed by atoms with E-state index in [2.05, 4.69) is 15.0 Å². The maximum Gasteiger partial charge on any atom is 0.324 e. The van der Waals surface area contributed by atoms with Crippen LogP contribution in [0.15, 0.2) is 16.7 Å². The van der Waals surface area contributed by atoms with Crippen molar-refractivity contribution in [2.75, 3.05) is 37.7 Å². The maximum absolute atomic E-state index is 14.5. The SMILES string of the molecule is CC(C)c1noc(N2CCC(C3CC3CCOc3cc(F)c(CC(=O)N4CC(O)C4)c(F)c3)CC2)n1. The molecule has 10 heteroatoms. The Morgan fingerprint density at radius 1 is 1.22 bits per heavy atom. The van der Waals surface area contributed by atoms with Gasteiger partial charge in [0.1, 0.15) is 17.4 Å². The number of halogens is 2. The van der Waals surface area contributed by atoms with E-state index in [4.69, 9.17) is 9.26 Å². The molecule has 2 aliphatic heterocycles. The first-order valence-electron chi connectivity index (χ1n) is 12.9. The second kappa shape index (κ2) is 10.3. The molecule has 3 fully saturated rings. The van der Waals surface area contributed by atoms with Gasteiger partial charge in [0.15, 0.2) is 5.82 Å². The fourth-order valence-corrected chi connectivity index (χ4v) is 5.37. The Balaban J connectivity index is 1.04. The number of anilines is 1. The van der Waals surface area contributed by atoms with E-state index in [0.29, 0.717) is 30.4 Å². The average molecular weight is 505 g/mol. The molecular formula is C26H34F2N4O4. The Kier molecular flexibility index (Phi) is 7.14. The van der Waals surface area contributed by atoms with E-state index in [1.165, 1.54) is 11.3 Å². The molecule has 1 aromatic heterocycles. The predicted molar refractivity (Wildman–Crippen MR) is 128 cm³/mol. The summed E-state index contributed by atoms with van der Waals surface area (Å²) in [6.07, 6.45) is 3.29. The molecule has 1 aliphatic carbocycles. The number of β-amino-alcohol motifs (C(OH)–C–C–N with tert-alkyl or cyclic N) is 1. The highest BCUT2D eigenvalue weighted by atomic mass is 19.1. The molecule has 8 nitrogen and oxygen atoms in total. The molecule has 0 bridgehead atoms. The Bertz CT molecular complexity index is 1060. The van der Waals surface area contributed by atoms with E-state index in [-0.39, 0.29) is 36.7 Å². The van der Waals surface area contributed by atoms with Gasteiger partial charge in [-0.05, 0) is 43.4 Å². The van der Waals surface area contributed by atoms with Crippen molar-refractivity contribution in [3.05, 3.63) is 35.2 Å². The molecule has 2 unspecified atom stereocenters. The number of ether oxygens (including phenoxy) is 1. The second-order valence-electron chi connectivity index (χ2n) is 10.7. The van der Waals surface area contributed by atoms with Crippen LogP contribution in [0.25, 0.3) is 0 Å². The van der Waals surface area contributed by atoms with Crippen LogP contribution in [0, 0.1) is 29.4 Å². The largest absolute Gasteiger partial charge is 0.493 e. The van der Waals surface area contributed by atoms with Crippen LogP contribution in [0.2, 0.25) is 0 Å². The minimum atomic E-state index is -0.780. The molecule has 1 N–H and O–H groups in total. The van der Waals surface area contributed by atoms with Crippen LogP contribution in [0.3, 0.4) is 0 Å². The number of benzene rings is 1. The molecule has 3 heterocycles. The summed E-state index contributed by atoms with van der Waals surface area (Å²) in [6, 6.07) is 2.92. The predicted octanol–water partition coefficient (Wildman–Crippen LogP) is 3.54. The van der Waals surface area contributed by atoms with Gasteiger partial charge in [0.25, 0.3) is 0 Å². The molecule has 5 rings (SSSR count). The number of aromatic nitrogens is 2. The van der Waals surface area contributed by atoms with Gasteiger partial charge >= 0.3 is 6.01 Å². The molecule has 2 aromatic rings. The Labute approximate surface area is 209 Å². The monoisotopic (exact) mass is 504 g/mol. The molecule has 1 saturated carbocycles. The first-order valence-corrected chi connectivity index (χ1v) is 12.9. The van der Waals surface area contributed by atoms with Crippen molar-refractivity contribution < 1.29 is 27.9 Å². The number of aliphatic hydroxyl groups excluding tert-OH is 1. The van der Waals surface area contributed by atoms with Crippen molar-refractivity contribution in [3.8, 4) is 5.75 Å². The number of hydrogen-bond donors (Lipinski definition) is 1. The molecule has 196 valence electrons. The van der Waals surface area contributed by atoms with E-state index in [1.54, 1.807) is 0 Å². The number of carbonyl (C=O) groups excluding carboxylic acids is 1. The van der Waals surface area contributed by atoms with Gasteiger partial charge in [-0.3, -0.25) is 4.79 Å². The molecule has 3 aliphatic rings. The van der Waals surface area contributed by atoms with Gasteiger partial charge in [0, 0.05) is 49.8 Å². The Hall–Kier alpha value is -2.75. The third-order valence-electron chi connectivity index (χ3n) is 7.76. The number of hydrogen-bond acceptors (Lipinski definition) is 7. The van der Waals surface area contributed by atoms with E-state index >= 15 is 0 Å². The van der Waals surface area contributed by atoms with E-state index in [0.717, 1.165) is 50.3 Å². The van der Waals surface area contributed by atoms with Crippen LogP contribution in [0.1, 0.15) is 56.8 Å². The molecule has 36 heavy (non-hydrogen) atoms. The van der Waals surface area contributed by atoms with Crippen molar-refractivity contribution in [1.82, 2.24) is 15.0 Å². The topological polar surface area (TPSA) is 91.9 Å². The third kappa shape index (κ3) is 5.48. The number of nitrogens with zero attached hydrogens (tertiary/aromatic N) is 4. The first kappa shape index (κ1) is 24.9. The molecule has 0 spiro atoms. The van der Waals surface area contributed by atoms with Gasteiger partial charge in [0.05, 0.1) is 19.1 Å². The second-order valence-corrected chi connectivity index (χ2v) is 10.7. The number of piperidine rings is 1. The quantitative estimate of drug-likeness (QED) is 0.559. The van der Waals surface area contributed by atoms with Crippen LogP contribution >= 0.6 is 0 Å². The molecule has 0 radical (unpaired) electrons. The highest BCUT2D eigenvalue weighted by molar-refractivity contribution is 5.79. The lowest BCUT2D eigenvalue weighted by atomic mass is 9.90. The zero-order valence-corrected chi connectivity index (χ0v) is 20.8. The first-order chi connectivity index (χ1) is 17.3. The number of aliphatic hydroxyl groups is 1. The number of likely N-dealkylation sites (tertiary alicyclic amines) is 1. The average Bonchev–Trinajstić information content (AvgIpc) is 3.41. The van der Waals surface area contributed by atoms with Crippen molar-refractivity contribution in [3.63, 3.8) is 0 Å². The van der Waals surface area contributed by atoms with Gasteiger partial charge in [-0.25, -0.2) is 8.78 Å². The minimum absolute atomic E-state index is 0.145. The Morgan fingerprint density at radius 2 is 1.92 bits per heavy atom. The van der Waals surface area contributed by atoms with Crippen LogP contribution in [0.5, 0.6) is 5.75 Å². The number of rotatable bonds is 9. The summed E-state index contributed by atoms with van der Waals surface area (Å²) in [4.78, 5) is 20.2. The summed E-state index contributed by atoms with van der Waals surface area (Å²) >= 11 is 0. The Morgan fingerprint density at radius 3 is 2.53 bits per heavy atom. The fraction of sp³-hybridized carbons (Fsp3) is 0.654. The normalized spacial score (nSPS) is 22.7. The van der Waals surface area contributed by atoms with Crippen molar-refractivity contribution in [2.24, 2.45) is 17.8 Å². The number of carbonyl (C=O) groups is 1. The minimum Gasteiger partial charge on any atom is -0.493 e. The summed E-state index contributed by atoms with van der Waals surface area (Å²) < 4.78 is 40.0. The highest BCUT2D eigenvalue weighted by Crippen LogP contribution is 2.50. The van der Waals surface area contributed by atoms with Crippen molar-refractivity contribution in [1.29, 1.82) is 0 Å². The zero-order chi connectivity index (χ0) is 25.4.